The summed E-state index contributed by atoms with van der Waals surface area (Å²) in [5.41, 5.74) is 1.49. The molecule has 0 atom stereocenters. The molecule has 1 saturated heterocycles. The Balaban J connectivity index is 1.60. The second kappa shape index (κ2) is 6.69. The number of hydrogen-bond donors (Lipinski definition) is 0. The van der Waals surface area contributed by atoms with Crippen molar-refractivity contribution < 1.29 is 4.79 Å². The van der Waals surface area contributed by atoms with Crippen LogP contribution in [0.5, 0.6) is 0 Å². The van der Waals surface area contributed by atoms with Gasteiger partial charge in [0, 0.05) is 25.7 Å². The van der Waals surface area contributed by atoms with E-state index in [-0.39, 0.29) is 5.91 Å². The minimum atomic E-state index is -0.0865. The highest BCUT2D eigenvalue weighted by molar-refractivity contribution is 7.07. The van der Waals surface area contributed by atoms with Crippen LogP contribution in [0, 0.1) is 0 Å². The predicted molar refractivity (Wildman–Crippen MR) is 95.7 cm³/mol. The van der Waals surface area contributed by atoms with E-state index >= 15 is 0 Å². The zero-order chi connectivity index (χ0) is 16.5. The molecule has 0 spiro atoms. The van der Waals surface area contributed by atoms with E-state index in [0.29, 0.717) is 29.3 Å². The van der Waals surface area contributed by atoms with Crippen molar-refractivity contribution in [3.8, 4) is 0 Å². The maximum absolute atomic E-state index is 13.1. The topological polar surface area (TPSA) is 49.3 Å². The first kappa shape index (κ1) is 15.8. The number of thiophene rings is 1. The summed E-state index contributed by atoms with van der Waals surface area (Å²) < 4.78 is 0. The average Bonchev–Trinajstić information content (AvgIpc) is 3.07. The van der Waals surface area contributed by atoms with E-state index in [9.17, 15) is 4.79 Å². The third-order valence-corrected chi connectivity index (χ3v) is 5.51. The fourth-order valence-electron chi connectivity index (χ4n) is 3.05. The number of aromatic nitrogens is 2. The summed E-state index contributed by atoms with van der Waals surface area (Å²) in [6.45, 7) is 2.50. The molecule has 1 amide bonds. The zero-order valence-electron chi connectivity index (χ0n) is 13.3. The Labute approximate surface area is 150 Å². The van der Waals surface area contributed by atoms with Gasteiger partial charge in [0.05, 0.1) is 11.2 Å². The predicted octanol–water partition coefficient (Wildman–Crippen LogP) is 3.60. The molecular weight excluding hydrogens is 344 g/mol. The van der Waals surface area contributed by atoms with Crippen molar-refractivity contribution in [1.29, 1.82) is 0 Å². The van der Waals surface area contributed by atoms with Crippen molar-refractivity contribution in [2.75, 3.05) is 18.0 Å². The summed E-state index contributed by atoms with van der Waals surface area (Å²) in [4.78, 5) is 25.9. The maximum atomic E-state index is 13.1. The van der Waals surface area contributed by atoms with Crippen LogP contribution in [0.1, 0.15) is 41.7 Å². The lowest BCUT2D eigenvalue weighted by molar-refractivity contribution is 0.0724. The van der Waals surface area contributed by atoms with Crippen LogP contribution in [0.2, 0.25) is 5.02 Å². The monoisotopic (exact) mass is 362 g/mol. The van der Waals surface area contributed by atoms with E-state index in [2.05, 4.69) is 26.3 Å². The van der Waals surface area contributed by atoms with E-state index in [1.165, 1.54) is 0 Å². The van der Waals surface area contributed by atoms with E-state index in [1.807, 2.05) is 10.3 Å². The van der Waals surface area contributed by atoms with Gasteiger partial charge in [0.25, 0.3) is 5.91 Å². The molecule has 5 nitrogen and oxygen atoms in total. The molecule has 4 rings (SSSR count). The number of carbonyl (C=O) groups is 1. The van der Waals surface area contributed by atoms with Crippen LogP contribution >= 0.6 is 22.9 Å². The summed E-state index contributed by atoms with van der Waals surface area (Å²) in [5.74, 6) is 0.531. The number of halogens is 1. The van der Waals surface area contributed by atoms with Crippen LogP contribution in [-0.2, 0) is 6.54 Å². The van der Waals surface area contributed by atoms with E-state index in [1.54, 1.807) is 17.5 Å². The second-order valence-electron chi connectivity index (χ2n) is 6.36. The van der Waals surface area contributed by atoms with Gasteiger partial charge in [-0.25, -0.2) is 9.97 Å². The minimum Gasteiger partial charge on any atom is -0.341 e. The van der Waals surface area contributed by atoms with Gasteiger partial charge in [-0.2, -0.15) is 11.3 Å². The van der Waals surface area contributed by atoms with Gasteiger partial charge in [0.15, 0.2) is 5.69 Å². The molecule has 2 aliphatic rings. The molecule has 2 aromatic heterocycles. The van der Waals surface area contributed by atoms with Crippen LogP contribution in [0.25, 0.3) is 0 Å². The molecule has 0 bridgehead atoms. The van der Waals surface area contributed by atoms with E-state index in [0.717, 1.165) is 44.3 Å². The Morgan fingerprint density at radius 1 is 1.38 bits per heavy atom. The number of anilines is 1. The standard InChI is InChI=1S/C17H19ClN4OS/c18-14-9-19-17(21-6-1-2-7-21)20-15(14)16(23)22(13-3-4-13)10-12-5-8-24-11-12/h5,8-9,11,13H,1-4,6-7,10H2. The molecule has 3 heterocycles. The highest BCUT2D eigenvalue weighted by atomic mass is 35.5. The summed E-state index contributed by atoms with van der Waals surface area (Å²) in [6.07, 6.45) is 5.95. The van der Waals surface area contributed by atoms with Crippen molar-refractivity contribution in [3.63, 3.8) is 0 Å². The Bertz CT molecular complexity index is 726. The highest BCUT2D eigenvalue weighted by Crippen LogP contribution is 2.31. The van der Waals surface area contributed by atoms with Gasteiger partial charge in [-0.1, -0.05) is 11.6 Å². The lowest BCUT2D eigenvalue weighted by Crippen LogP contribution is -2.34. The van der Waals surface area contributed by atoms with Crippen molar-refractivity contribution in [2.45, 2.75) is 38.3 Å². The largest absolute Gasteiger partial charge is 0.341 e. The van der Waals surface area contributed by atoms with Crippen LogP contribution in [-0.4, -0.2) is 39.9 Å². The third kappa shape index (κ3) is 3.26. The normalized spacial score (nSPS) is 17.3. The van der Waals surface area contributed by atoms with Gasteiger partial charge in [-0.05, 0) is 48.1 Å². The van der Waals surface area contributed by atoms with Gasteiger partial charge in [-0.15, -0.1) is 0 Å². The quantitative estimate of drug-likeness (QED) is 0.815. The Kier molecular flexibility index (Phi) is 4.41. The van der Waals surface area contributed by atoms with E-state index in [4.69, 9.17) is 11.6 Å². The van der Waals surface area contributed by atoms with Crippen molar-refractivity contribution >= 4 is 34.8 Å². The molecule has 1 aliphatic carbocycles. The molecule has 0 N–H and O–H groups in total. The third-order valence-electron chi connectivity index (χ3n) is 4.50. The molecule has 2 aromatic rings. The molecule has 126 valence electrons. The lowest BCUT2D eigenvalue weighted by Gasteiger charge is -2.23. The fraction of sp³-hybridized carbons (Fsp3) is 0.471. The Morgan fingerprint density at radius 2 is 2.17 bits per heavy atom. The number of amides is 1. The molecule has 1 aliphatic heterocycles. The summed E-state index contributed by atoms with van der Waals surface area (Å²) in [7, 11) is 0. The highest BCUT2D eigenvalue weighted by Gasteiger charge is 2.35. The molecule has 0 radical (unpaired) electrons. The lowest BCUT2D eigenvalue weighted by atomic mass is 10.2. The smallest absolute Gasteiger partial charge is 0.274 e. The van der Waals surface area contributed by atoms with Crippen LogP contribution in [0.3, 0.4) is 0 Å². The van der Waals surface area contributed by atoms with Crippen molar-refractivity contribution in [3.05, 3.63) is 39.3 Å². The molecule has 1 saturated carbocycles. The summed E-state index contributed by atoms with van der Waals surface area (Å²) >= 11 is 7.91. The van der Waals surface area contributed by atoms with Gasteiger partial charge >= 0.3 is 0 Å². The summed E-state index contributed by atoms with van der Waals surface area (Å²) in [6, 6.07) is 2.36. The molecule has 0 unspecified atom stereocenters. The summed E-state index contributed by atoms with van der Waals surface area (Å²) in [5, 5.41) is 4.45. The van der Waals surface area contributed by atoms with Crippen LogP contribution < -0.4 is 4.90 Å². The Hall–Kier alpha value is -1.66. The Morgan fingerprint density at radius 3 is 2.83 bits per heavy atom. The van der Waals surface area contributed by atoms with Crippen molar-refractivity contribution in [2.24, 2.45) is 0 Å². The van der Waals surface area contributed by atoms with Crippen molar-refractivity contribution in [1.82, 2.24) is 14.9 Å². The second-order valence-corrected chi connectivity index (χ2v) is 7.54. The van der Waals surface area contributed by atoms with Crippen LogP contribution in [0.15, 0.2) is 23.0 Å². The van der Waals surface area contributed by atoms with E-state index < -0.39 is 0 Å². The number of hydrogen-bond acceptors (Lipinski definition) is 5. The molecule has 0 aromatic carbocycles. The molecule has 2 fully saturated rings. The number of carbonyl (C=O) groups excluding carboxylic acids is 1. The fourth-order valence-corrected chi connectivity index (χ4v) is 3.88. The van der Waals surface area contributed by atoms with Gasteiger partial charge < -0.3 is 9.80 Å². The molecule has 7 heteroatoms. The first-order valence-electron chi connectivity index (χ1n) is 8.32. The first-order valence-corrected chi connectivity index (χ1v) is 9.64. The van der Waals surface area contributed by atoms with Gasteiger partial charge in [0.1, 0.15) is 0 Å². The van der Waals surface area contributed by atoms with Gasteiger partial charge in [-0.3, -0.25) is 4.79 Å². The van der Waals surface area contributed by atoms with Gasteiger partial charge in [0.2, 0.25) is 5.95 Å². The molecular formula is C17H19ClN4OS. The minimum absolute atomic E-state index is 0.0865. The number of nitrogens with zero attached hydrogens (tertiary/aromatic N) is 4. The average molecular weight is 363 g/mol. The first-order chi connectivity index (χ1) is 11.7. The maximum Gasteiger partial charge on any atom is 0.274 e. The molecule has 24 heavy (non-hydrogen) atoms. The zero-order valence-corrected chi connectivity index (χ0v) is 14.9. The van der Waals surface area contributed by atoms with Crippen LogP contribution in [0.4, 0.5) is 5.95 Å². The number of rotatable bonds is 5. The SMILES string of the molecule is O=C(c1nc(N2CCCC2)ncc1Cl)N(Cc1ccsc1)C1CC1.